The lowest BCUT2D eigenvalue weighted by Gasteiger charge is -2.35. The van der Waals surface area contributed by atoms with Gasteiger partial charge in [0, 0.05) is 37.3 Å². The zero-order valence-corrected chi connectivity index (χ0v) is 21.3. The van der Waals surface area contributed by atoms with E-state index in [-0.39, 0.29) is 29.8 Å². The first-order chi connectivity index (χ1) is 16.8. The van der Waals surface area contributed by atoms with Gasteiger partial charge in [-0.25, -0.2) is 8.42 Å². The molecule has 35 heavy (non-hydrogen) atoms. The van der Waals surface area contributed by atoms with Gasteiger partial charge in [0.1, 0.15) is 11.8 Å². The standard InChI is InChI=1S/C24H30ClN3O6S/c1-33-15-12-26-24(30)22(27-23(29)18-4-3-5-20(16-18)34-2)17-10-13-28(14-11-17)35(31,32)21-8-6-19(25)7-9-21/h3-9,16-17,22H,10-15H2,1-2H3,(H,26,30)(H,27,29)/t22-/m1/s1. The molecule has 1 fully saturated rings. The summed E-state index contributed by atoms with van der Waals surface area (Å²) in [7, 11) is -0.641. The number of nitrogens with zero attached hydrogens (tertiary/aromatic N) is 1. The largest absolute Gasteiger partial charge is 0.497 e. The van der Waals surface area contributed by atoms with E-state index in [4.69, 9.17) is 21.1 Å². The van der Waals surface area contributed by atoms with Crippen LogP contribution in [-0.2, 0) is 19.6 Å². The first kappa shape index (κ1) is 26.9. The topological polar surface area (TPSA) is 114 Å². The van der Waals surface area contributed by atoms with Crippen molar-refractivity contribution in [3.8, 4) is 5.75 Å². The van der Waals surface area contributed by atoms with Crippen molar-refractivity contribution in [3.05, 3.63) is 59.1 Å². The Hall–Kier alpha value is -2.66. The van der Waals surface area contributed by atoms with Crippen LogP contribution >= 0.6 is 11.6 Å². The molecule has 190 valence electrons. The molecule has 2 aromatic carbocycles. The molecule has 0 saturated carbocycles. The molecule has 1 heterocycles. The molecule has 0 spiro atoms. The number of hydrogen-bond donors (Lipinski definition) is 2. The van der Waals surface area contributed by atoms with Gasteiger partial charge in [-0.2, -0.15) is 4.31 Å². The highest BCUT2D eigenvalue weighted by molar-refractivity contribution is 7.89. The summed E-state index contributed by atoms with van der Waals surface area (Å²) in [6, 6.07) is 11.9. The number of hydrogen-bond acceptors (Lipinski definition) is 6. The predicted octanol–water partition coefficient (Wildman–Crippen LogP) is 2.31. The Labute approximate surface area is 210 Å². The number of carbonyl (C=O) groups is 2. The van der Waals surface area contributed by atoms with Crippen molar-refractivity contribution in [2.75, 3.05) is 40.5 Å². The van der Waals surface area contributed by atoms with E-state index >= 15 is 0 Å². The molecule has 9 nitrogen and oxygen atoms in total. The van der Waals surface area contributed by atoms with Crippen molar-refractivity contribution in [2.45, 2.75) is 23.8 Å². The molecule has 0 unspecified atom stereocenters. The van der Waals surface area contributed by atoms with E-state index in [0.29, 0.717) is 42.3 Å². The molecule has 0 radical (unpaired) electrons. The fraction of sp³-hybridized carbons (Fsp3) is 0.417. The van der Waals surface area contributed by atoms with Gasteiger partial charge in [-0.05, 0) is 61.2 Å². The third-order valence-corrected chi connectivity index (χ3v) is 8.09. The fourth-order valence-electron chi connectivity index (χ4n) is 3.98. The number of methoxy groups -OCH3 is 2. The molecule has 1 aliphatic rings. The van der Waals surface area contributed by atoms with Gasteiger partial charge in [0.2, 0.25) is 15.9 Å². The van der Waals surface area contributed by atoms with E-state index in [1.165, 1.54) is 42.8 Å². The van der Waals surface area contributed by atoms with Gasteiger partial charge in [0.05, 0.1) is 18.6 Å². The van der Waals surface area contributed by atoms with E-state index in [2.05, 4.69) is 10.6 Å². The summed E-state index contributed by atoms with van der Waals surface area (Å²) >= 11 is 5.88. The van der Waals surface area contributed by atoms with Gasteiger partial charge in [0.15, 0.2) is 0 Å². The third kappa shape index (κ3) is 6.94. The van der Waals surface area contributed by atoms with Crippen molar-refractivity contribution in [1.29, 1.82) is 0 Å². The van der Waals surface area contributed by atoms with Gasteiger partial charge in [-0.15, -0.1) is 0 Å². The number of benzene rings is 2. The highest BCUT2D eigenvalue weighted by Gasteiger charge is 2.36. The number of rotatable bonds is 10. The normalized spacial score (nSPS) is 15.9. The van der Waals surface area contributed by atoms with Gasteiger partial charge in [-0.1, -0.05) is 17.7 Å². The predicted molar refractivity (Wildman–Crippen MR) is 132 cm³/mol. The third-order valence-electron chi connectivity index (χ3n) is 5.93. The first-order valence-corrected chi connectivity index (χ1v) is 13.1. The van der Waals surface area contributed by atoms with Crippen molar-refractivity contribution in [3.63, 3.8) is 0 Å². The van der Waals surface area contributed by atoms with Gasteiger partial charge in [0.25, 0.3) is 5.91 Å². The maximum Gasteiger partial charge on any atom is 0.252 e. The average Bonchev–Trinajstić information content (AvgIpc) is 2.87. The summed E-state index contributed by atoms with van der Waals surface area (Å²) in [5, 5.41) is 6.08. The second kappa shape index (κ2) is 12.3. The van der Waals surface area contributed by atoms with E-state index in [1.54, 1.807) is 24.3 Å². The number of amides is 2. The van der Waals surface area contributed by atoms with Crippen LogP contribution in [0.1, 0.15) is 23.2 Å². The zero-order valence-electron chi connectivity index (χ0n) is 19.7. The molecular formula is C24H30ClN3O6S. The summed E-state index contributed by atoms with van der Waals surface area (Å²) in [4.78, 5) is 26.1. The monoisotopic (exact) mass is 523 g/mol. The molecule has 1 aliphatic heterocycles. The lowest BCUT2D eigenvalue weighted by Crippen LogP contribution is -2.54. The highest BCUT2D eigenvalue weighted by Crippen LogP contribution is 2.27. The highest BCUT2D eigenvalue weighted by atomic mass is 35.5. The molecule has 2 N–H and O–H groups in total. The summed E-state index contributed by atoms with van der Waals surface area (Å²) in [6.45, 7) is 1.09. The van der Waals surface area contributed by atoms with Gasteiger partial charge < -0.3 is 20.1 Å². The Morgan fingerprint density at radius 3 is 2.43 bits per heavy atom. The lowest BCUT2D eigenvalue weighted by atomic mass is 9.89. The summed E-state index contributed by atoms with van der Waals surface area (Å²) in [5.41, 5.74) is 0.363. The molecule has 1 saturated heterocycles. The minimum Gasteiger partial charge on any atom is -0.497 e. The summed E-state index contributed by atoms with van der Waals surface area (Å²) in [5.74, 6) is -0.465. The molecule has 2 amide bonds. The van der Waals surface area contributed by atoms with E-state index in [9.17, 15) is 18.0 Å². The molecule has 0 aromatic heterocycles. The molecular weight excluding hydrogens is 494 g/mol. The number of ether oxygens (including phenoxy) is 2. The van der Waals surface area contributed by atoms with Crippen LogP contribution < -0.4 is 15.4 Å². The fourth-order valence-corrected chi connectivity index (χ4v) is 5.57. The maximum atomic E-state index is 13.0. The number of piperidine rings is 1. The Morgan fingerprint density at radius 1 is 1.11 bits per heavy atom. The van der Waals surface area contributed by atoms with Crippen LogP contribution in [0.5, 0.6) is 5.75 Å². The lowest BCUT2D eigenvalue weighted by molar-refractivity contribution is -0.124. The Kier molecular flexibility index (Phi) is 9.50. The van der Waals surface area contributed by atoms with Crippen LogP contribution in [0.25, 0.3) is 0 Å². The van der Waals surface area contributed by atoms with Gasteiger partial charge in [-0.3, -0.25) is 9.59 Å². The quantitative estimate of drug-likeness (QED) is 0.462. The smallest absolute Gasteiger partial charge is 0.252 e. The van der Waals surface area contributed by atoms with Crippen molar-refractivity contribution in [1.82, 2.24) is 14.9 Å². The summed E-state index contributed by atoms with van der Waals surface area (Å²) < 4.78 is 37.6. The Balaban J connectivity index is 1.72. The van der Waals surface area contributed by atoms with Crippen molar-refractivity contribution in [2.24, 2.45) is 5.92 Å². The number of nitrogens with one attached hydrogen (secondary N) is 2. The second-order valence-corrected chi connectivity index (χ2v) is 10.5. The van der Waals surface area contributed by atoms with E-state index < -0.39 is 22.0 Å². The molecule has 0 bridgehead atoms. The second-order valence-electron chi connectivity index (χ2n) is 8.16. The minimum atomic E-state index is -3.68. The van der Waals surface area contributed by atoms with Crippen LogP contribution in [0.4, 0.5) is 0 Å². The van der Waals surface area contributed by atoms with Crippen LogP contribution in [0, 0.1) is 5.92 Å². The Bertz CT molecular complexity index is 1120. The molecule has 2 aromatic rings. The zero-order chi connectivity index (χ0) is 25.4. The van der Waals surface area contributed by atoms with E-state index in [1.807, 2.05) is 0 Å². The molecule has 3 rings (SSSR count). The van der Waals surface area contributed by atoms with E-state index in [0.717, 1.165) is 0 Å². The number of sulfonamides is 1. The molecule has 1 atom stereocenters. The summed E-state index contributed by atoms with van der Waals surface area (Å²) in [6.07, 6.45) is 0.821. The average molecular weight is 524 g/mol. The van der Waals surface area contributed by atoms with Crippen LogP contribution in [0.15, 0.2) is 53.4 Å². The Morgan fingerprint density at radius 2 is 1.80 bits per heavy atom. The van der Waals surface area contributed by atoms with Gasteiger partial charge >= 0.3 is 0 Å². The first-order valence-electron chi connectivity index (χ1n) is 11.2. The van der Waals surface area contributed by atoms with Crippen molar-refractivity contribution >= 4 is 33.4 Å². The van der Waals surface area contributed by atoms with Crippen LogP contribution in [0.2, 0.25) is 5.02 Å². The molecule has 11 heteroatoms. The number of halogens is 1. The maximum absolute atomic E-state index is 13.0. The SMILES string of the molecule is COCCNC(=O)[C@H](NC(=O)c1cccc(OC)c1)C1CCN(S(=O)(=O)c2ccc(Cl)cc2)CC1. The number of carbonyl (C=O) groups excluding carboxylic acids is 2. The molecule has 0 aliphatic carbocycles. The van der Waals surface area contributed by atoms with Crippen LogP contribution in [-0.4, -0.2) is 71.0 Å². The minimum absolute atomic E-state index is 0.167. The van der Waals surface area contributed by atoms with Crippen LogP contribution in [0.3, 0.4) is 0 Å². The van der Waals surface area contributed by atoms with Crippen molar-refractivity contribution < 1.29 is 27.5 Å².